The maximum Gasteiger partial charge on any atom is 0.339 e. The highest BCUT2D eigenvalue weighted by atomic mass is 32.2. The van der Waals surface area contributed by atoms with Crippen LogP contribution in [0.25, 0.3) is 0 Å². The summed E-state index contributed by atoms with van der Waals surface area (Å²) in [5.41, 5.74) is 0.685. The van der Waals surface area contributed by atoms with Crippen molar-refractivity contribution in [1.82, 2.24) is 0 Å². The van der Waals surface area contributed by atoms with Gasteiger partial charge in [0, 0.05) is 4.88 Å². The first-order chi connectivity index (χ1) is 10.9. The summed E-state index contributed by atoms with van der Waals surface area (Å²) in [5, 5.41) is 9.48. The maximum atomic E-state index is 13.7. The molecule has 0 fully saturated rings. The van der Waals surface area contributed by atoms with Crippen molar-refractivity contribution in [2.45, 2.75) is 30.6 Å². The van der Waals surface area contributed by atoms with Gasteiger partial charge in [0.25, 0.3) is 10.0 Å². The van der Waals surface area contributed by atoms with Gasteiger partial charge in [0.15, 0.2) is 0 Å². The lowest BCUT2D eigenvalue weighted by atomic mass is 9.96. The van der Waals surface area contributed by atoms with E-state index in [1.165, 1.54) is 12.1 Å². The highest BCUT2D eigenvalue weighted by molar-refractivity contribution is 7.93. The van der Waals surface area contributed by atoms with Gasteiger partial charge in [-0.05, 0) is 43.4 Å². The first-order valence-corrected chi connectivity index (χ1v) is 9.35. The number of aromatic carboxylic acids is 1. The number of anilines is 1. The van der Waals surface area contributed by atoms with E-state index in [9.17, 15) is 22.7 Å². The highest BCUT2D eigenvalue weighted by Gasteiger charge is 2.28. The lowest BCUT2D eigenvalue weighted by Gasteiger charge is -2.11. The van der Waals surface area contributed by atoms with Gasteiger partial charge >= 0.3 is 5.97 Å². The number of carboxylic acids is 1. The van der Waals surface area contributed by atoms with Gasteiger partial charge in [-0.15, -0.1) is 11.3 Å². The number of hydrogen-bond donors (Lipinski definition) is 2. The molecule has 0 radical (unpaired) electrons. The highest BCUT2D eigenvalue weighted by Crippen LogP contribution is 2.39. The van der Waals surface area contributed by atoms with Crippen molar-refractivity contribution in [1.29, 1.82) is 0 Å². The van der Waals surface area contributed by atoms with E-state index >= 15 is 0 Å². The molecule has 0 amide bonds. The first kappa shape index (κ1) is 15.9. The second kappa shape index (κ2) is 5.93. The van der Waals surface area contributed by atoms with Crippen LogP contribution in [0.1, 0.15) is 33.6 Å². The SMILES string of the molecule is O=C(O)c1c(NS(=O)(=O)c2ccccc2F)sc2c1CCCC2. The summed E-state index contributed by atoms with van der Waals surface area (Å²) in [4.78, 5) is 11.9. The van der Waals surface area contributed by atoms with Crippen molar-refractivity contribution in [2.24, 2.45) is 0 Å². The fourth-order valence-electron chi connectivity index (χ4n) is 2.70. The molecule has 8 heteroatoms. The predicted molar refractivity (Wildman–Crippen MR) is 85.1 cm³/mol. The molecule has 0 saturated carbocycles. The van der Waals surface area contributed by atoms with E-state index < -0.39 is 26.7 Å². The normalized spacial score (nSPS) is 14.3. The van der Waals surface area contributed by atoms with Crippen LogP contribution in [0, 0.1) is 5.82 Å². The number of thiophene rings is 1. The lowest BCUT2D eigenvalue weighted by Crippen LogP contribution is -2.16. The Bertz CT molecular complexity index is 874. The van der Waals surface area contributed by atoms with Crippen molar-refractivity contribution in [3.05, 3.63) is 46.1 Å². The van der Waals surface area contributed by atoms with Crippen LogP contribution in [-0.2, 0) is 22.9 Å². The monoisotopic (exact) mass is 355 g/mol. The summed E-state index contributed by atoms with van der Waals surface area (Å²) in [7, 11) is -4.18. The van der Waals surface area contributed by atoms with Crippen LogP contribution in [0.15, 0.2) is 29.2 Å². The summed E-state index contributed by atoms with van der Waals surface area (Å²) in [5.74, 6) is -2.05. The molecule has 23 heavy (non-hydrogen) atoms. The Morgan fingerprint density at radius 1 is 1.22 bits per heavy atom. The quantitative estimate of drug-likeness (QED) is 0.882. The third-order valence-corrected chi connectivity index (χ3v) is 6.46. The number of benzene rings is 1. The smallest absolute Gasteiger partial charge is 0.339 e. The van der Waals surface area contributed by atoms with Gasteiger partial charge in [-0.2, -0.15) is 0 Å². The van der Waals surface area contributed by atoms with Gasteiger partial charge in [0.1, 0.15) is 15.7 Å². The fourth-order valence-corrected chi connectivity index (χ4v) is 5.37. The number of sulfonamides is 1. The molecule has 0 aliphatic heterocycles. The van der Waals surface area contributed by atoms with Crippen molar-refractivity contribution in [2.75, 3.05) is 4.72 Å². The van der Waals surface area contributed by atoms with Crippen LogP contribution < -0.4 is 4.72 Å². The van der Waals surface area contributed by atoms with E-state index in [0.717, 1.165) is 47.6 Å². The zero-order valence-electron chi connectivity index (χ0n) is 12.0. The molecule has 0 atom stereocenters. The Balaban J connectivity index is 2.05. The van der Waals surface area contributed by atoms with Crippen molar-refractivity contribution >= 4 is 32.3 Å². The molecule has 2 aromatic rings. The minimum Gasteiger partial charge on any atom is -0.478 e. The average Bonchev–Trinajstić information content (AvgIpc) is 2.84. The molecule has 0 spiro atoms. The molecular formula is C15H14FNO4S2. The average molecular weight is 355 g/mol. The second-order valence-corrected chi connectivity index (χ2v) is 8.01. The van der Waals surface area contributed by atoms with E-state index in [4.69, 9.17) is 0 Å². The van der Waals surface area contributed by atoms with Gasteiger partial charge in [0.05, 0.1) is 5.56 Å². The summed E-state index contributed by atoms with van der Waals surface area (Å²) in [6.45, 7) is 0. The third-order valence-electron chi connectivity index (χ3n) is 3.74. The molecule has 1 heterocycles. The largest absolute Gasteiger partial charge is 0.478 e. The summed E-state index contributed by atoms with van der Waals surface area (Å²) >= 11 is 1.12. The summed E-state index contributed by atoms with van der Waals surface area (Å²) in [6, 6.07) is 4.99. The molecular weight excluding hydrogens is 341 g/mol. The van der Waals surface area contributed by atoms with Gasteiger partial charge in [-0.3, -0.25) is 4.72 Å². The van der Waals surface area contributed by atoms with Gasteiger partial charge in [0.2, 0.25) is 0 Å². The molecule has 1 aliphatic carbocycles. The molecule has 1 aromatic heterocycles. The third kappa shape index (κ3) is 2.96. The Kier molecular flexibility index (Phi) is 4.11. The van der Waals surface area contributed by atoms with E-state index in [-0.39, 0.29) is 10.6 Å². The topological polar surface area (TPSA) is 83.5 Å². The molecule has 3 rings (SSSR count). The van der Waals surface area contributed by atoms with Crippen LogP contribution in [-0.4, -0.2) is 19.5 Å². The van der Waals surface area contributed by atoms with Crippen LogP contribution in [0.4, 0.5) is 9.39 Å². The van der Waals surface area contributed by atoms with Crippen LogP contribution in [0.2, 0.25) is 0 Å². The van der Waals surface area contributed by atoms with E-state index in [2.05, 4.69) is 4.72 Å². The Morgan fingerprint density at radius 3 is 2.61 bits per heavy atom. The number of carboxylic acid groups (broad SMARTS) is 1. The van der Waals surface area contributed by atoms with E-state index in [1.807, 2.05) is 0 Å². The Labute approximate surface area is 136 Å². The molecule has 1 aromatic carbocycles. The summed E-state index contributed by atoms with van der Waals surface area (Å²) < 4.78 is 40.7. The Morgan fingerprint density at radius 2 is 1.91 bits per heavy atom. The number of hydrogen-bond acceptors (Lipinski definition) is 4. The zero-order valence-corrected chi connectivity index (χ0v) is 13.6. The molecule has 122 valence electrons. The molecule has 5 nitrogen and oxygen atoms in total. The predicted octanol–water partition coefficient (Wildman–Crippen LogP) is 3.27. The van der Waals surface area contributed by atoms with Gasteiger partial charge in [-0.1, -0.05) is 12.1 Å². The number of halogens is 1. The molecule has 0 bridgehead atoms. The summed E-state index contributed by atoms with van der Waals surface area (Å²) in [6.07, 6.45) is 3.19. The number of carbonyl (C=O) groups is 1. The Hall–Kier alpha value is -1.93. The fraction of sp³-hybridized carbons (Fsp3) is 0.267. The molecule has 0 unspecified atom stereocenters. The second-order valence-electron chi connectivity index (χ2n) is 5.26. The van der Waals surface area contributed by atoms with Gasteiger partial charge < -0.3 is 5.11 Å². The number of rotatable bonds is 4. The van der Waals surface area contributed by atoms with Crippen LogP contribution in [0.5, 0.6) is 0 Å². The van der Waals surface area contributed by atoms with E-state index in [1.54, 1.807) is 0 Å². The molecule has 0 saturated heterocycles. The van der Waals surface area contributed by atoms with Crippen LogP contribution >= 0.6 is 11.3 Å². The molecule has 2 N–H and O–H groups in total. The number of fused-ring (bicyclic) bond motifs is 1. The van der Waals surface area contributed by atoms with Crippen molar-refractivity contribution in [3.8, 4) is 0 Å². The van der Waals surface area contributed by atoms with Gasteiger partial charge in [-0.25, -0.2) is 17.6 Å². The van der Waals surface area contributed by atoms with Crippen LogP contribution in [0.3, 0.4) is 0 Å². The minimum absolute atomic E-state index is 0.00962. The van der Waals surface area contributed by atoms with E-state index in [0.29, 0.717) is 12.0 Å². The van der Waals surface area contributed by atoms with Crippen molar-refractivity contribution < 1.29 is 22.7 Å². The van der Waals surface area contributed by atoms with Crippen molar-refractivity contribution in [3.63, 3.8) is 0 Å². The standard InChI is InChI=1S/C15H14FNO4S2/c16-10-6-2-4-8-12(10)23(20,21)17-14-13(15(18)19)9-5-1-3-7-11(9)22-14/h2,4,6,8,17H,1,3,5,7H2,(H,18,19). The zero-order chi connectivity index (χ0) is 16.6. The molecule has 1 aliphatic rings. The minimum atomic E-state index is -4.18. The number of nitrogens with one attached hydrogen (secondary N) is 1. The lowest BCUT2D eigenvalue weighted by molar-refractivity contribution is 0.0697. The number of aryl methyl sites for hydroxylation is 1. The maximum absolute atomic E-state index is 13.7. The first-order valence-electron chi connectivity index (χ1n) is 7.05.